The Bertz CT molecular complexity index is 1310. The number of aryl methyl sites for hydroxylation is 1. The minimum atomic E-state index is -4.26. The number of hydrogen-bond acceptors (Lipinski definition) is 8. The van der Waals surface area contributed by atoms with Crippen molar-refractivity contribution in [3.05, 3.63) is 66.6 Å². The quantitative estimate of drug-likeness (QED) is 0.0793. The fourth-order valence-corrected chi connectivity index (χ4v) is 5.43. The molecule has 2 amide bonds. The smallest absolute Gasteiger partial charge is 0.486 e. The largest absolute Gasteiger partial charge is 0.615 e. The third kappa shape index (κ3) is 10.3. The predicted octanol–water partition coefficient (Wildman–Crippen LogP) is 4.62. The summed E-state index contributed by atoms with van der Waals surface area (Å²) in [7, 11) is -4.26. The fraction of sp³-hybridized carbons (Fsp3) is 0.467. The van der Waals surface area contributed by atoms with E-state index in [0.717, 1.165) is 24.6 Å². The first-order valence-corrected chi connectivity index (χ1v) is 15.3. The van der Waals surface area contributed by atoms with Crippen molar-refractivity contribution in [1.82, 2.24) is 9.21 Å². The topological polar surface area (TPSA) is 132 Å². The molecule has 1 aliphatic rings. The summed E-state index contributed by atoms with van der Waals surface area (Å²) in [4.78, 5) is 27.9. The molecule has 0 aliphatic carbocycles. The summed E-state index contributed by atoms with van der Waals surface area (Å²) in [6.45, 7) is 14.8. The SMILES string of the molecule is C=CC/C=[N+](\C(=O)OC(C)(C)C)S(=O)(=O)N1CCN(/C(C=N)=C(\OCCCCC=C)C(=O)Nc2cccc(C)c2)CC1. The summed E-state index contributed by atoms with van der Waals surface area (Å²) in [5.74, 6) is -0.524. The Kier molecular flexibility index (Phi) is 13.1. The number of carbonyl (C=O) groups excluding carboxylic acids is 2. The van der Waals surface area contributed by atoms with Gasteiger partial charge in [-0.15, -0.1) is 25.9 Å². The van der Waals surface area contributed by atoms with Crippen molar-refractivity contribution in [2.75, 3.05) is 38.1 Å². The van der Waals surface area contributed by atoms with Crippen molar-refractivity contribution in [1.29, 1.82) is 5.41 Å². The second kappa shape index (κ2) is 16.0. The average Bonchev–Trinajstić information content (AvgIpc) is 2.91. The number of allylic oxidation sites excluding steroid dienone is 3. The van der Waals surface area contributed by atoms with Crippen LogP contribution in [0.25, 0.3) is 0 Å². The van der Waals surface area contributed by atoms with Gasteiger partial charge in [0.25, 0.3) is 5.91 Å². The summed E-state index contributed by atoms with van der Waals surface area (Å²) in [5.41, 5.74) is 0.907. The highest BCUT2D eigenvalue weighted by Crippen LogP contribution is 2.20. The van der Waals surface area contributed by atoms with Crippen molar-refractivity contribution in [3.63, 3.8) is 0 Å². The highest BCUT2D eigenvalue weighted by atomic mass is 32.2. The molecule has 1 aliphatic heterocycles. The van der Waals surface area contributed by atoms with Crippen molar-refractivity contribution < 1.29 is 31.5 Å². The highest BCUT2D eigenvalue weighted by Gasteiger charge is 2.43. The van der Waals surface area contributed by atoms with Crippen molar-refractivity contribution >= 4 is 40.3 Å². The van der Waals surface area contributed by atoms with E-state index in [4.69, 9.17) is 14.9 Å². The first-order valence-electron chi connectivity index (χ1n) is 13.9. The number of nitrogens with one attached hydrogen (secondary N) is 2. The van der Waals surface area contributed by atoms with E-state index in [9.17, 15) is 18.0 Å². The molecule has 0 atom stereocenters. The summed E-state index contributed by atoms with van der Waals surface area (Å²) in [6.07, 6.45) is 7.04. The standard InChI is InChI=1S/C30H43N5O6S/c1-7-9-11-12-21-40-27(28(36)32-25-15-13-14-24(3)22-25)26(23-31)33-17-19-34(20-18-33)42(38,39)35(16-10-8-2)29(37)41-30(4,5)6/h7-8,13-16,22-23,31H,1-2,9-12,17-21H2,3-6H3/p+1/b27-26-,31-23?,35-16+. The third-order valence-corrected chi connectivity index (χ3v) is 7.88. The minimum absolute atomic E-state index is 0.00696. The molecule has 2 rings (SSSR count). The molecule has 0 spiro atoms. The molecule has 0 unspecified atom stereocenters. The molecule has 1 saturated heterocycles. The summed E-state index contributed by atoms with van der Waals surface area (Å²) >= 11 is 0. The second-order valence-electron chi connectivity index (χ2n) is 10.7. The van der Waals surface area contributed by atoms with Gasteiger partial charge in [-0.05, 0) is 68.6 Å². The Labute approximate surface area is 249 Å². The van der Waals surface area contributed by atoms with Crippen LogP contribution in [0.5, 0.6) is 0 Å². The van der Waals surface area contributed by atoms with Gasteiger partial charge in [-0.25, -0.2) is 0 Å². The van der Waals surface area contributed by atoms with Gasteiger partial charge in [-0.3, -0.25) is 4.79 Å². The van der Waals surface area contributed by atoms with Crippen LogP contribution in [-0.4, -0.2) is 84.4 Å². The van der Waals surface area contributed by atoms with E-state index < -0.39 is 27.8 Å². The van der Waals surface area contributed by atoms with Crippen LogP contribution < -0.4 is 5.32 Å². The van der Waals surface area contributed by atoms with Gasteiger partial charge in [0.15, 0.2) is 6.21 Å². The molecule has 0 bridgehead atoms. The minimum Gasteiger partial charge on any atom is -0.486 e. The first kappa shape index (κ1) is 34.4. The Morgan fingerprint density at radius 1 is 1.12 bits per heavy atom. The van der Waals surface area contributed by atoms with E-state index in [1.54, 1.807) is 31.7 Å². The zero-order valence-electron chi connectivity index (χ0n) is 25.1. The number of ether oxygens (including phenoxy) is 2. The van der Waals surface area contributed by atoms with Crippen LogP contribution in [0.15, 0.2) is 61.0 Å². The zero-order valence-corrected chi connectivity index (χ0v) is 25.9. The number of anilines is 1. The van der Waals surface area contributed by atoms with Gasteiger partial charge in [0.2, 0.25) is 5.76 Å². The third-order valence-electron chi connectivity index (χ3n) is 6.07. The lowest BCUT2D eigenvalue weighted by Crippen LogP contribution is -2.52. The van der Waals surface area contributed by atoms with Gasteiger partial charge in [0.05, 0.1) is 6.61 Å². The van der Waals surface area contributed by atoms with Crippen LogP contribution in [0.4, 0.5) is 10.5 Å². The van der Waals surface area contributed by atoms with E-state index in [1.807, 2.05) is 31.2 Å². The molecule has 0 aromatic heterocycles. The Morgan fingerprint density at radius 3 is 2.38 bits per heavy atom. The number of unbranched alkanes of at least 4 members (excludes halogenated alkanes) is 2. The lowest BCUT2D eigenvalue weighted by Gasteiger charge is -2.34. The van der Waals surface area contributed by atoms with Gasteiger partial charge in [-0.1, -0.05) is 24.3 Å². The molecule has 0 saturated carbocycles. The van der Waals surface area contributed by atoms with Gasteiger partial charge in [0.1, 0.15) is 11.3 Å². The molecule has 1 heterocycles. The van der Waals surface area contributed by atoms with Gasteiger partial charge >= 0.3 is 16.3 Å². The fourth-order valence-electron chi connectivity index (χ4n) is 4.06. The predicted molar refractivity (Wildman–Crippen MR) is 165 cm³/mol. The van der Waals surface area contributed by atoms with Crippen LogP contribution in [0.1, 0.15) is 52.0 Å². The van der Waals surface area contributed by atoms with Gasteiger partial charge in [0, 0.05) is 44.5 Å². The van der Waals surface area contributed by atoms with E-state index in [0.29, 0.717) is 16.1 Å². The number of nitrogens with zero attached hydrogens (tertiary/aromatic N) is 3. The molecule has 1 aromatic carbocycles. The van der Waals surface area contributed by atoms with Crippen LogP contribution in [0, 0.1) is 12.3 Å². The van der Waals surface area contributed by atoms with E-state index in [1.165, 1.54) is 16.6 Å². The Hall–Kier alpha value is -3.77. The van der Waals surface area contributed by atoms with Crippen molar-refractivity contribution in [2.24, 2.45) is 0 Å². The maximum Gasteiger partial charge on any atom is 0.615 e. The lowest BCUT2D eigenvalue weighted by atomic mass is 10.2. The number of benzene rings is 1. The number of carbonyl (C=O) groups is 2. The normalized spacial score (nSPS) is 15.3. The summed E-state index contributed by atoms with van der Waals surface area (Å²) in [6, 6.07) is 7.33. The number of rotatable bonds is 14. The molecule has 12 heteroatoms. The summed E-state index contributed by atoms with van der Waals surface area (Å²) in [5, 5.41) is 11.0. The number of hydrogen-bond donors (Lipinski definition) is 2. The molecule has 42 heavy (non-hydrogen) atoms. The Morgan fingerprint density at radius 2 is 1.81 bits per heavy atom. The maximum absolute atomic E-state index is 13.5. The first-order chi connectivity index (χ1) is 19.8. The second-order valence-corrected chi connectivity index (χ2v) is 12.5. The van der Waals surface area contributed by atoms with Crippen molar-refractivity contribution in [2.45, 2.75) is 59.0 Å². The average molecular weight is 603 g/mol. The van der Waals surface area contributed by atoms with E-state index in [-0.39, 0.29) is 50.7 Å². The van der Waals surface area contributed by atoms with E-state index >= 15 is 0 Å². The van der Waals surface area contributed by atoms with Crippen LogP contribution in [-0.2, 0) is 24.5 Å². The molecule has 1 aromatic rings. The molecule has 11 nitrogen and oxygen atoms in total. The number of amides is 2. The zero-order chi connectivity index (χ0) is 31.3. The molecule has 0 radical (unpaired) electrons. The molecule has 2 N–H and O–H groups in total. The molecule has 230 valence electrons. The highest BCUT2D eigenvalue weighted by molar-refractivity contribution is 7.83. The van der Waals surface area contributed by atoms with Crippen molar-refractivity contribution in [3.8, 4) is 0 Å². The van der Waals surface area contributed by atoms with Gasteiger partial charge in [-0.2, -0.15) is 4.79 Å². The van der Waals surface area contributed by atoms with Crippen LogP contribution in [0.3, 0.4) is 0 Å². The monoisotopic (exact) mass is 602 g/mol. The molecule has 1 fully saturated rings. The van der Waals surface area contributed by atoms with Crippen LogP contribution >= 0.6 is 0 Å². The lowest BCUT2D eigenvalue weighted by molar-refractivity contribution is -0.298. The van der Waals surface area contributed by atoms with E-state index in [2.05, 4.69) is 18.5 Å². The molecular formula is C30H44N5O6S+. The van der Waals surface area contributed by atoms with Crippen LogP contribution in [0.2, 0.25) is 0 Å². The molecular weight excluding hydrogens is 558 g/mol. The summed E-state index contributed by atoms with van der Waals surface area (Å²) < 4.78 is 40.0. The van der Waals surface area contributed by atoms with Gasteiger partial charge < -0.3 is 25.1 Å². The number of piperazine rings is 1. The Balaban J connectivity index is 2.30. The maximum atomic E-state index is 13.5.